The van der Waals surface area contributed by atoms with Crippen LogP contribution in [0.15, 0.2) is 71.1 Å². The summed E-state index contributed by atoms with van der Waals surface area (Å²) in [6.07, 6.45) is 0. The van der Waals surface area contributed by atoms with Crippen molar-refractivity contribution in [1.29, 1.82) is 0 Å². The van der Waals surface area contributed by atoms with E-state index < -0.39 is 6.85 Å². The van der Waals surface area contributed by atoms with E-state index in [2.05, 4.69) is 75.4 Å². The fourth-order valence-electron chi connectivity index (χ4n) is 5.46. The number of aryl methyl sites for hydroxylation is 2. The molecule has 1 heterocycles. The molecule has 152 valence electrons. The molecule has 0 fully saturated rings. The van der Waals surface area contributed by atoms with Crippen LogP contribution in [-0.2, 0) is 5.41 Å². The Labute approximate surface area is 186 Å². The molecular weight excluding hydrogens is 376 g/mol. The van der Waals surface area contributed by atoms with Gasteiger partial charge in [-0.25, -0.2) is 0 Å². The highest BCUT2D eigenvalue weighted by Crippen LogP contribution is 2.45. The summed E-state index contributed by atoms with van der Waals surface area (Å²) in [4.78, 5) is 0. The number of furan rings is 1. The molecule has 0 N–H and O–H groups in total. The van der Waals surface area contributed by atoms with Crippen molar-refractivity contribution in [3.8, 4) is 0 Å². The second kappa shape index (κ2) is 6.11. The van der Waals surface area contributed by atoms with Gasteiger partial charge in [0.15, 0.2) is 0 Å². The third kappa shape index (κ3) is 2.44. The van der Waals surface area contributed by atoms with Gasteiger partial charge in [0.25, 0.3) is 0 Å². The standard InChI is InChI=1S/C30H26O/c1-17-16-18(2)27(30(3,4)5)29-25(17)24-15-14-23-21-12-7-6-10-19(21)20-11-8-9-13-22(20)26(23)28(24)31-29/h6-16H,1-5H3/i1D3. The van der Waals surface area contributed by atoms with Gasteiger partial charge < -0.3 is 4.42 Å². The summed E-state index contributed by atoms with van der Waals surface area (Å²) in [6.45, 7) is 6.20. The zero-order chi connectivity index (χ0) is 24.0. The minimum Gasteiger partial charge on any atom is -0.455 e. The van der Waals surface area contributed by atoms with Gasteiger partial charge in [0.05, 0.1) is 0 Å². The second-order valence-corrected chi connectivity index (χ2v) is 9.63. The Hall–Kier alpha value is -3.32. The summed E-state index contributed by atoms with van der Waals surface area (Å²) >= 11 is 0. The summed E-state index contributed by atoms with van der Waals surface area (Å²) in [5.41, 5.74) is 3.62. The first-order chi connectivity index (χ1) is 16.1. The Morgan fingerprint density at radius 2 is 1.19 bits per heavy atom. The largest absolute Gasteiger partial charge is 0.455 e. The number of fused-ring (bicyclic) bond motifs is 10. The summed E-state index contributed by atoms with van der Waals surface area (Å²) in [7, 11) is 0. The van der Waals surface area contributed by atoms with E-state index in [-0.39, 0.29) is 5.41 Å². The zero-order valence-corrected chi connectivity index (χ0v) is 18.3. The van der Waals surface area contributed by atoms with Crippen molar-refractivity contribution in [2.75, 3.05) is 0 Å². The molecule has 6 aromatic rings. The van der Waals surface area contributed by atoms with Crippen LogP contribution in [0.25, 0.3) is 54.3 Å². The first-order valence-corrected chi connectivity index (χ1v) is 10.8. The highest BCUT2D eigenvalue weighted by molar-refractivity contribution is 6.32. The summed E-state index contributed by atoms with van der Waals surface area (Å²) in [6, 6.07) is 22.9. The van der Waals surface area contributed by atoms with Crippen molar-refractivity contribution >= 4 is 54.3 Å². The summed E-state index contributed by atoms with van der Waals surface area (Å²) in [5, 5.41) is 8.39. The van der Waals surface area contributed by atoms with Gasteiger partial charge in [0.2, 0.25) is 0 Å². The smallest absolute Gasteiger partial charge is 0.143 e. The molecule has 0 spiro atoms. The van der Waals surface area contributed by atoms with E-state index in [1.54, 1.807) is 0 Å². The lowest BCUT2D eigenvalue weighted by Crippen LogP contribution is -2.13. The molecule has 1 heteroatoms. The maximum atomic E-state index is 8.29. The van der Waals surface area contributed by atoms with Crippen LogP contribution < -0.4 is 0 Å². The molecule has 0 saturated carbocycles. The van der Waals surface area contributed by atoms with Crippen molar-refractivity contribution in [3.63, 3.8) is 0 Å². The fraction of sp³-hybridized carbons (Fsp3) is 0.200. The topological polar surface area (TPSA) is 13.1 Å². The van der Waals surface area contributed by atoms with E-state index in [0.29, 0.717) is 16.5 Å². The third-order valence-corrected chi connectivity index (χ3v) is 6.56. The lowest BCUT2D eigenvalue weighted by Gasteiger charge is -2.22. The molecule has 31 heavy (non-hydrogen) atoms. The molecule has 0 aliphatic carbocycles. The Bertz CT molecular complexity index is 1740. The number of hydrogen-bond acceptors (Lipinski definition) is 1. The minimum absolute atomic E-state index is 0.200. The van der Waals surface area contributed by atoms with E-state index >= 15 is 0 Å². The van der Waals surface area contributed by atoms with E-state index in [1.165, 1.54) is 16.2 Å². The Balaban J connectivity index is 1.95. The Kier molecular flexibility index (Phi) is 3.05. The highest BCUT2D eigenvalue weighted by atomic mass is 16.3. The van der Waals surface area contributed by atoms with Crippen LogP contribution in [0.1, 0.15) is 41.6 Å². The quantitative estimate of drug-likeness (QED) is 0.230. The van der Waals surface area contributed by atoms with Crippen LogP contribution in [-0.4, -0.2) is 0 Å². The van der Waals surface area contributed by atoms with Crippen molar-refractivity contribution in [2.24, 2.45) is 0 Å². The molecule has 0 radical (unpaired) electrons. The molecule has 0 atom stereocenters. The molecule has 1 aromatic heterocycles. The van der Waals surface area contributed by atoms with E-state index in [0.717, 1.165) is 38.3 Å². The van der Waals surface area contributed by atoms with E-state index in [9.17, 15) is 0 Å². The van der Waals surface area contributed by atoms with E-state index in [4.69, 9.17) is 8.53 Å². The first-order valence-electron chi connectivity index (χ1n) is 12.3. The molecule has 0 aliphatic heterocycles. The predicted molar refractivity (Wildman–Crippen MR) is 134 cm³/mol. The maximum absolute atomic E-state index is 8.29. The van der Waals surface area contributed by atoms with Crippen LogP contribution in [0.5, 0.6) is 0 Å². The Morgan fingerprint density at radius 1 is 0.645 bits per heavy atom. The average Bonchev–Trinajstić information content (AvgIpc) is 3.15. The normalized spacial score (nSPS) is 14.5. The lowest BCUT2D eigenvalue weighted by atomic mass is 9.82. The van der Waals surface area contributed by atoms with E-state index in [1.807, 2.05) is 19.1 Å². The minimum atomic E-state index is -2.24. The monoisotopic (exact) mass is 405 g/mol. The van der Waals surface area contributed by atoms with Crippen molar-refractivity contribution in [1.82, 2.24) is 0 Å². The van der Waals surface area contributed by atoms with Gasteiger partial charge in [-0.3, -0.25) is 0 Å². The fourth-order valence-corrected chi connectivity index (χ4v) is 5.46. The molecule has 0 unspecified atom stereocenters. The summed E-state index contributed by atoms with van der Waals surface area (Å²) < 4.78 is 31.6. The van der Waals surface area contributed by atoms with Crippen molar-refractivity contribution in [2.45, 2.75) is 40.0 Å². The number of hydrogen-bond donors (Lipinski definition) is 0. The molecule has 1 nitrogen and oxygen atoms in total. The van der Waals surface area contributed by atoms with Gasteiger partial charge in [-0.05, 0) is 63.3 Å². The maximum Gasteiger partial charge on any atom is 0.143 e. The number of benzene rings is 5. The van der Waals surface area contributed by atoms with Gasteiger partial charge in [-0.15, -0.1) is 0 Å². The van der Waals surface area contributed by atoms with Crippen molar-refractivity contribution < 1.29 is 8.53 Å². The molecule has 0 aliphatic rings. The molecule has 0 amide bonds. The van der Waals surface area contributed by atoms with Crippen LogP contribution in [0.4, 0.5) is 0 Å². The van der Waals surface area contributed by atoms with Crippen molar-refractivity contribution in [3.05, 3.63) is 83.4 Å². The van der Waals surface area contributed by atoms with Crippen LogP contribution >= 0.6 is 0 Å². The highest BCUT2D eigenvalue weighted by Gasteiger charge is 2.25. The second-order valence-electron chi connectivity index (χ2n) is 9.63. The van der Waals surface area contributed by atoms with Gasteiger partial charge in [0, 0.05) is 25.8 Å². The van der Waals surface area contributed by atoms with Gasteiger partial charge in [-0.1, -0.05) is 81.4 Å². The molecule has 6 rings (SSSR count). The zero-order valence-electron chi connectivity index (χ0n) is 21.3. The van der Waals surface area contributed by atoms with Gasteiger partial charge in [0.1, 0.15) is 11.2 Å². The SMILES string of the molecule is [2H]C([2H])([2H])c1cc(C)c(C(C)(C)C)c2oc3c(ccc4c5ccccc5c5ccccc5c43)c12. The molecule has 0 bridgehead atoms. The first kappa shape index (κ1) is 15.5. The van der Waals surface area contributed by atoms with Gasteiger partial charge >= 0.3 is 0 Å². The number of rotatable bonds is 0. The predicted octanol–water partition coefficient (Wildman–Crippen LogP) is 8.96. The summed E-state index contributed by atoms with van der Waals surface area (Å²) in [5.74, 6) is 0. The van der Waals surface area contributed by atoms with Crippen LogP contribution in [0, 0.1) is 13.8 Å². The molecular formula is C30H26O. The lowest BCUT2D eigenvalue weighted by molar-refractivity contribution is 0.569. The molecule has 0 saturated heterocycles. The third-order valence-electron chi connectivity index (χ3n) is 6.56. The van der Waals surface area contributed by atoms with Crippen LogP contribution in [0.3, 0.4) is 0 Å². The average molecular weight is 406 g/mol. The van der Waals surface area contributed by atoms with Gasteiger partial charge in [-0.2, -0.15) is 0 Å². The Morgan fingerprint density at radius 3 is 1.81 bits per heavy atom. The molecule has 5 aromatic carbocycles. The van der Waals surface area contributed by atoms with Crippen LogP contribution in [0.2, 0.25) is 0 Å².